The van der Waals surface area contributed by atoms with Crippen molar-refractivity contribution >= 4 is 28.0 Å². The molecule has 2 heterocycles. The van der Waals surface area contributed by atoms with Gasteiger partial charge in [-0.15, -0.1) is 20.4 Å². The molecule has 45 heavy (non-hydrogen) atoms. The average molecular weight is 644 g/mol. The molecule has 1 aliphatic carbocycles. The quantitative estimate of drug-likeness (QED) is 0.114. The summed E-state index contributed by atoms with van der Waals surface area (Å²) in [6.45, 7) is 18.1. The lowest BCUT2D eigenvalue weighted by Gasteiger charge is -2.34. The van der Waals surface area contributed by atoms with Crippen LogP contribution in [0.2, 0.25) is 0 Å². The maximum absolute atomic E-state index is 11.8. The molecule has 252 valence electrons. The molecule has 1 saturated carbocycles. The Morgan fingerprint density at radius 1 is 0.889 bits per heavy atom. The first-order chi connectivity index (χ1) is 21.5. The Kier molecular flexibility index (Phi) is 14.1. The van der Waals surface area contributed by atoms with E-state index in [-0.39, 0.29) is 11.5 Å². The van der Waals surface area contributed by atoms with E-state index in [0.717, 1.165) is 94.4 Å². The minimum atomic E-state index is -0.348. The molecule has 11 nitrogen and oxygen atoms in total. The molecule has 0 radical (unpaired) electrons. The summed E-state index contributed by atoms with van der Waals surface area (Å²) >= 11 is 1.30. The lowest BCUT2D eigenvalue weighted by molar-refractivity contribution is 0.177. The zero-order valence-electron chi connectivity index (χ0n) is 28.7. The topological polar surface area (TPSA) is 141 Å². The molecule has 1 fully saturated rings. The molecule has 0 spiro atoms. The molecule has 1 aliphatic rings. The normalized spacial score (nSPS) is 18.1. The second-order valence-electron chi connectivity index (χ2n) is 13.2. The number of nitrogen functional groups attached to an aromatic ring is 1. The van der Waals surface area contributed by atoms with Crippen molar-refractivity contribution < 1.29 is 10.2 Å². The van der Waals surface area contributed by atoms with Crippen LogP contribution in [0.15, 0.2) is 38.7 Å². The molecule has 0 aliphatic heterocycles. The Hall–Kier alpha value is -3.15. The molecule has 3 rings (SSSR count). The molecule has 2 aromatic rings. The summed E-state index contributed by atoms with van der Waals surface area (Å²) in [7, 11) is 0. The Morgan fingerprint density at radius 2 is 1.38 bits per heavy atom. The summed E-state index contributed by atoms with van der Waals surface area (Å²) in [4.78, 5) is 4.25. The number of aliphatic hydroxyl groups is 2. The predicted octanol–water partition coefficient (Wildman–Crippen LogP) is 9.10. The van der Waals surface area contributed by atoms with Gasteiger partial charge < -0.3 is 25.7 Å². The number of rotatable bonds is 17. The highest BCUT2D eigenvalue weighted by Crippen LogP contribution is 2.44. The standard InChI is InChI=1S/C33H57N9O2S/c1-8-12-16-40(17-13-9-2)30(43)24-20-25(31(44)41(18-14-10-3)19-15-11-4)22-26(21-24)42-29(34)27(28(39-42)33(5,6)7)36-38-32-37-35-23-45-32/h23,26,43-44H,8-22,34H2,1-7H3/b30-24+,31-25?,38-36?. The van der Waals surface area contributed by atoms with Gasteiger partial charge >= 0.3 is 0 Å². The Balaban J connectivity index is 2.15. The number of unbranched alkanes of at least 4 members (excludes halogenated alkanes) is 4. The van der Waals surface area contributed by atoms with Gasteiger partial charge in [-0.05, 0) is 49.7 Å². The summed E-state index contributed by atoms with van der Waals surface area (Å²) in [6, 6.07) is -0.210. The second kappa shape index (κ2) is 17.5. The van der Waals surface area contributed by atoms with Crippen molar-refractivity contribution in [2.24, 2.45) is 10.2 Å². The van der Waals surface area contributed by atoms with Gasteiger partial charge in [0.05, 0.1) is 11.7 Å². The van der Waals surface area contributed by atoms with Crippen molar-refractivity contribution in [2.75, 3.05) is 31.9 Å². The fourth-order valence-corrected chi connectivity index (χ4v) is 6.04. The molecule has 0 bridgehead atoms. The smallest absolute Gasteiger partial charge is 0.251 e. The number of aromatic nitrogens is 4. The number of azo groups is 1. The summed E-state index contributed by atoms with van der Waals surface area (Å²) < 4.78 is 1.85. The lowest BCUT2D eigenvalue weighted by atomic mass is 9.86. The van der Waals surface area contributed by atoms with Gasteiger partial charge in [0.1, 0.15) is 11.3 Å². The van der Waals surface area contributed by atoms with Gasteiger partial charge in [-0.3, -0.25) is 0 Å². The summed E-state index contributed by atoms with van der Waals surface area (Å²) in [6.07, 6.45) is 9.90. The van der Waals surface area contributed by atoms with Crippen LogP contribution in [-0.2, 0) is 5.41 Å². The average Bonchev–Trinajstić information content (AvgIpc) is 3.67. The van der Waals surface area contributed by atoms with Gasteiger partial charge in [0.25, 0.3) is 5.13 Å². The zero-order chi connectivity index (χ0) is 33.0. The molecule has 1 atom stereocenters. The molecule has 12 heteroatoms. The monoisotopic (exact) mass is 643 g/mol. The number of anilines is 1. The van der Waals surface area contributed by atoms with Crippen molar-refractivity contribution in [1.29, 1.82) is 0 Å². The van der Waals surface area contributed by atoms with E-state index in [1.165, 1.54) is 11.3 Å². The molecule has 2 aromatic heterocycles. The maximum atomic E-state index is 11.8. The number of allylic oxidation sites excluding steroid dienone is 2. The Morgan fingerprint density at radius 3 is 1.78 bits per heavy atom. The first kappa shape index (κ1) is 36.3. The van der Waals surface area contributed by atoms with E-state index in [1.54, 1.807) is 5.51 Å². The van der Waals surface area contributed by atoms with Crippen LogP contribution in [0.3, 0.4) is 0 Å². The number of hydrogen-bond donors (Lipinski definition) is 3. The third-order valence-corrected chi connectivity index (χ3v) is 8.88. The van der Waals surface area contributed by atoms with E-state index in [0.29, 0.717) is 47.7 Å². The van der Waals surface area contributed by atoms with Gasteiger partial charge in [0, 0.05) is 38.0 Å². The van der Waals surface area contributed by atoms with Crippen molar-refractivity contribution in [1.82, 2.24) is 29.8 Å². The van der Waals surface area contributed by atoms with Crippen LogP contribution in [0.1, 0.15) is 131 Å². The van der Waals surface area contributed by atoms with Crippen LogP contribution >= 0.6 is 11.3 Å². The highest BCUT2D eigenvalue weighted by molar-refractivity contribution is 7.13. The third-order valence-electron chi connectivity index (χ3n) is 8.31. The van der Waals surface area contributed by atoms with Gasteiger partial charge in [0.15, 0.2) is 17.5 Å². The summed E-state index contributed by atoms with van der Waals surface area (Å²) in [5.41, 5.74) is 11.2. The van der Waals surface area contributed by atoms with Gasteiger partial charge in [0.2, 0.25) is 0 Å². The molecule has 1 unspecified atom stereocenters. The molecule has 0 saturated heterocycles. The zero-order valence-corrected chi connectivity index (χ0v) is 29.5. The fraction of sp³-hybridized carbons (Fsp3) is 0.727. The van der Waals surface area contributed by atoms with Crippen LogP contribution in [-0.4, -0.2) is 66.2 Å². The van der Waals surface area contributed by atoms with Gasteiger partial charge in [-0.1, -0.05) is 85.5 Å². The van der Waals surface area contributed by atoms with E-state index in [2.05, 4.69) is 78.7 Å². The van der Waals surface area contributed by atoms with E-state index in [9.17, 15) is 10.2 Å². The van der Waals surface area contributed by atoms with Gasteiger partial charge in [-0.25, -0.2) is 4.68 Å². The van der Waals surface area contributed by atoms with Crippen molar-refractivity contribution in [3.8, 4) is 0 Å². The van der Waals surface area contributed by atoms with E-state index >= 15 is 0 Å². The van der Waals surface area contributed by atoms with E-state index in [4.69, 9.17) is 10.8 Å². The van der Waals surface area contributed by atoms with E-state index in [1.807, 2.05) is 4.68 Å². The molecular weight excluding hydrogens is 586 g/mol. The molecule has 0 amide bonds. The number of nitrogens with two attached hydrogens (primary N) is 1. The highest BCUT2D eigenvalue weighted by atomic mass is 32.1. The van der Waals surface area contributed by atoms with Crippen molar-refractivity contribution in [2.45, 2.75) is 131 Å². The fourth-order valence-electron chi connectivity index (χ4n) is 5.67. The van der Waals surface area contributed by atoms with Crippen LogP contribution in [0.5, 0.6) is 0 Å². The van der Waals surface area contributed by atoms with Crippen LogP contribution in [0.25, 0.3) is 0 Å². The van der Waals surface area contributed by atoms with Gasteiger partial charge in [-0.2, -0.15) is 5.10 Å². The minimum absolute atomic E-state index is 0.210. The van der Waals surface area contributed by atoms with Crippen molar-refractivity contribution in [3.63, 3.8) is 0 Å². The van der Waals surface area contributed by atoms with E-state index < -0.39 is 0 Å². The largest absolute Gasteiger partial charge is 0.495 e. The number of aliphatic hydroxyl groups excluding tert-OH is 2. The first-order valence-electron chi connectivity index (χ1n) is 16.9. The first-order valence-corrected chi connectivity index (χ1v) is 17.8. The molecular formula is C33H57N9O2S. The van der Waals surface area contributed by atoms with Crippen molar-refractivity contribution in [3.05, 3.63) is 34.1 Å². The number of hydrogen-bond acceptors (Lipinski definition) is 11. The van der Waals surface area contributed by atoms with Crippen LogP contribution in [0.4, 0.5) is 16.6 Å². The predicted molar refractivity (Wildman–Crippen MR) is 184 cm³/mol. The third kappa shape index (κ3) is 9.92. The Labute approximate surface area is 274 Å². The minimum Gasteiger partial charge on any atom is -0.495 e. The van der Waals surface area contributed by atoms with Crippen LogP contribution in [0, 0.1) is 0 Å². The SMILES string of the molecule is CCCCN(CCCC)C(O)=C1C/C(=C(\O)N(CCCC)CCCC)CC(n2nc(C(C)(C)C)c(N=Nc3nncs3)c2N)C1. The second-order valence-corrected chi connectivity index (χ2v) is 14.0. The van der Waals surface area contributed by atoms with Crippen LogP contribution < -0.4 is 5.73 Å². The highest BCUT2D eigenvalue weighted by Gasteiger charge is 2.34. The molecule has 4 N–H and O–H groups in total. The Bertz CT molecular complexity index is 1220. The molecule has 0 aromatic carbocycles. The summed E-state index contributed by atoms with van der Waals surface area (Å²) in [5, 5.41) is 45.8. The maximum Gasteiger partial charge on any atom is 0.251 e. The lowest BCUT2D eigenvalue weighted by Crippen LogP contribution is -2.31. The summed E-state index contributed by atoms with van der Waals surface area (Å²) in [5.74, 6) is 1.08. The number of nitrogens with zero attached hydrogens (tertiary/aromatic N) is 8.